The van der Waals surface area contributed by atoms with E-state index in [9.17, 15) is 13.2 Å². The van der Waals surface area contributed by atoms with Crippen LogP contribution in [0.1, 0.15) is 62.5 Å². The Labute approximate surface area is 197 Å². The van der Waals surface area contributed by atoms with E-state index in [0.29, 0.717) is 23.9 Å². The van der Waals surface area contributed by atoms with Gasteiger partial charge in [-0.2, -0.15) is 18.2 Å². The molecule has 34 heavy (non-hydrogen) atoms. The van der Waals surface area contributed by atoms with E-state index in [1.807, 2.05) is 12.1 Å². The maximum absolute atomic E-state index is 13.6. The minimum absolute atomic E-state index is 0.0673. The number of nitrogens with one attached hydrogen (secondary N) is 2. The average Bonchev–Trinajstić information content (AvgIpc) is 3.35. The van der Waals surface area contributed by atoms with Gasteiger partial charge in [0.1, 0.15) is 17.1 Å². The Morgan fingerprint density at radius 1 is 0.941 bits per heavy atom. The number of nitrogens with zero attached hydrogens (tertiary/aromatic N) is 2. The molecule has 1 saturated carbocycles. The Balaban J connectivity index is 1.50. The van der Waals surface area contributed by atoms with Crippen LogP contribution in [-0.4, -0.2) is 16.6 Å². The molecule has 1 aliphatic rings. The van der Waals surface area contributed by atoms with Crippen LogP contribution < -0.4 is 15.4 Å². The number of benzene rings is 2. The standard InChI is InChI=1S/C26H29F3N4O/c1-2-3-16-34-22-14-12-21(13-15-22)32-25-30-17-23(26(27,28)29)24(33-25)31-20-10-8-19(9-11-20)18-6-4-5-7-18/h8-15,17-18H,2-7,16H2,1H3,(H2,30,31,32,33). The van der Waals surface area contributed by atoms with E-state index < -0.39 is 11.7 Å². The summed E-state index contributed by atoms with van der Waals surface area (Å²) in [7, 11) is 0. The fraction of sp³-hybridized carbons (Fsp3) is 0.385. The van der Waals surface area contributed by atoms with Crippen LogP contribution in [0.4, 0.5) is 36.3 Å². The highest BCUT2D eigenvalue weighted by Crippen LogP contribution is 2.37. The Bertz CT molecular complexity index is 1060. The molecule has 4 rings (SSSR count). The second-order valence-corrected chi connectivity index (χ2v) is 8.53. The van der Waals surface area contributed by atoms with Crippen molar-refractivity contribution in [1.82, 2.24) is 9.97 Å². The number of ether oxygens (including phenoxy) is 1. The van der Waals surface area contributed by atoms with Gasteiger partial charge in [0.05, 0.1) is 6.61 Å². The fourth-order valence-electron chi connectivity index (χ4n) is 4.08. The summed E-state index contributed by atoms with van der Waals surface area (Å²) in [6.07, 6.45) is 3.02. The molecule has 0 spiro atoms. The molecule has 1 fully saturated rings. The lowest BCUT2D eigenvalue weighted by molar-refractivity contribution is -0.137. The van der Waals surface area contributed by atoms with Gasteiger partial charge in [0.2, 0.25) is 5.95 Å². The number of halogens is 3. The summed E-state index contributed by atoms with van der Waals surface area (Å²) in [5.41, 5.74) is 1.50. The largest absolute Gasteiger partial charge is 0.494 e. The second-order valence-electron chi connectivity index (χ2n) is 8.53. The van der Waals surface area contributed by atoms with Crippen LogP contribution in [0.15, 0.2) is 54.7 Å². The lowest BCUT2D eigenvalue weighted by Gasteiger charge is -2.16. The SMILES string of the molecule is CCCCOc1ccc(Nc2ncc(C(F)(F)F)c(Nc3ccc(C4CCCC4)cc3)n2)cc1. The Morgan fingerprint density at radius 2 is 1.59 bits per heavy atom. The van der Waals surface area contributed by atoms with Crippen LogP contribution in [0, 0.1) is 0 Å². The Hall–Kier alpha value is -3.29. The van der Waals surface area contributed by atoms with E-state index in [-0.39, 0.29) is 11.8 Å². The van der Waals surface area contributed by atoms with Gasteiger partial charge in [0, 0.05) is 17.6 Å². The molecule has 0 unspecified atom stereocenters. The van der Waals surface area contributed by atoms with Crippen molar-refractivity contribution in [2.75, 3.05) is 17.2 Å². The van der Waals surface area contributed by atoms with E-state index in [0.717, 1.165) is 37.6 Å². The van der Waals surface area contributed by atoms with Crippen molar-refractivity contribution in [1.29, 1.82) is 0 Å². The molecule has 0 radical (unpaired) electrons. The lowest BCUT2D eigenvalue weighted by Crippen LogP contribution is -2.12. The molecule has 0 amide bonds. The van der Waals surface area contributed by atoms with Crippen LogP contribution in [0.3, 0.4) is 0 Å². The quantitative estimate of drug-likeness (QED) is 0.312. The van der Waals surface area contributed by atoms with Gasteiger partial charge in [-0.1, -0.05) is 38.3 Å². The van der Waals surface area contributed by atoms with E-state index in [2.05, 4.69) is 27.5 Å². The number of alkyl halides is 3. The second kappa shape index (κ2) is 10.8. The first-order valence-electron chi connectivity index (χ1n) is 11.7. The number of rotatable bonds is 9. The highest BCUT2D eigenvalue weighted by molar-refractivity contribution is 5.63. The minimum atomic E-state index is -4.58. The molecule has 5 nitrogen and oxygen atoms in total. The van der Waals surface area contributed by atoms with Crippen molar-refractivity contribution in [2.45, 2.75) is 57.5 Å². The van der Waals surface area contributed by atoms with E-state index >= 15 is 0 Å². The third-order valence-electron chi connectivity index (χ3n) is 5.97. The first kappa shape index (κ1) is 23.9. The van der Waals surface area contributed by atoms with Gasteiger partial charge >= 0.3 is 6.18 Å². The van der Waals surface area contributed by atoms with Crippen LogP contribution in [0.25, 0.3) is 0 Å². The number of anilines is 4. The van der Waals surface area contributed by atoms with Gasteiger partial charge in [-0.25, -0.2) is 4.98 Å². The Kier molecular flexibility index (Phi) is 7.55. The summed E-state index contributed by atoms with van der Waals surface area (Å²) in [5, 5.41) is 5.79. The summed E-state index contributed by atoms with van der Waals surface area (Å²) in [5.74, 6) is 1.05. The minimum Gasteiger partial charge on any atom is -0.494 e. The molecule has 0 bridgehead atoms. The summed E-state index contributed by atoms with van der Waals surface area (Å²) < 4.78 is 46.4. The highest BCUT2D eigenvalue weighted by Gasteiger charge is 2.35. The first-order chi connectivity index (χ1) is 16.4. The molecule has 2 aromatic carbocycles. The smallest absolute Gasteiger partial charge is 0.421 e. The number of aromatic nitrogens is 2. The van der Waals surface area contributed by atoms with Crippen molar-refractivity contribution < 1.29 is 17.9 Å². The molecular weight excluding hydrogens is 441 g/mol. The topological polar surface area (TPSA) is 59.1 Å². The summed E-state index contributed by atoms with van der Waals surface area (Å²) in [6, 6.07) is 14.7. The molecule has 3 aromatic rings. The van der Waals surface area contributed by atoms with E-state index in [4.69, 9.17) is 4.74 Å². The van der Waals surface area contributed by atoms with Crippen molar-refractivity contribution in [3.8, 4) is 5.75 Å². The first-order valence-corrected chi connectivity index (χ1v) is 11.7. The highest BCUT2D eigenvalue weighted by atomic mass is 19.4. The van der Waals surface area contributed by atoms with Gasteiger partial charge in [-0.3, -0.25) is 0 Å². The lowest BCUT2D eigenvalue weighted by atomic mass is 9.97. The number of unbranched alkanes of at least 4 members (excludes halogenated alkanes) is 1. The van der Waals surface area contributed by atoms with Gasteiger partial charge in [-0.15, -0.1) is 0 Å². The molecule has 1 heterocycles. The van der Waals surface area contributed by atoms with Gasteiger partial charge in [-0.05, 0) is 67.1 Å². The summed E-state index contributed by atoms with van der Waals surface area (Å²) in [4.78, 5) is 8.01. The van der Waals surface area contributed by atoms with Crippen molar-refractivity contribution in [3.05, 3.63) is 65.9 Å². The monoisotopic (exact) mass is 470 g/mol. The van der Waals surface area contributed by atoms with Gasteiger partial charge in [0.25, 0.3) is 0 Å². The fourth-order valence-corrected chi connectivity index (χ4v) is 4.08. The molecular formula is C26H29F3N4O. The predicted molar refractivity (Wildman–Crippen MR) is 128 cm³/mol. The van der Waals surface area contributed by atoms with Crippen LogP contribution >= 0.6 is 0 Å². The van der Waals surface area contributed by atoms with Crippen molar-refractivity contribution in [2.24, 2.45) is 0 Å². The third-order valence-corrected chi connectivity index (χ3v) is 5.97. The van der Waals surface area contributed by atoms with Crippen LogP contribution in [0.5, 0.6) is 5.75 Å². The van der Waals surface area contributed by atoms with Crippen molar-refractivity contribution in [3.63, 3.8) is 0 Å². The van der Waals surface area contributed by atoms with Crippen molar-refractivity contribution >= 4 is 23.1 Å². The molecule has 0 saturated heterocycles. The van der Waals surface area contributed by atoms with Crippen LogP contribution in [0.2, 0.25) is 0 Å². The maximum atomic E-state index is 13.6. The number of hydrogen-bond acceptors (Lipinski definition) is 5. The van der Waals surface area contributed by atoms with Gasteiger partial charge < -0.3 is 15.4 Å². The summed E-state index contributed by atoms with van der Waals surface area (Å²) in [6.45, 7) is 2.73. The zero-order valence-corrected chi connectivity index (χ0v) is 19.2. The molecule has 1 aromatic heterocycles. The average molecular weight is 471 g/mol. The van der Waals surface area contributed by atoms with E-state index in [1.54, 1.807) is 36.4 Å². The normalized spacial score (nSPS) is 14.2. The summed E-state index contributed by atoms with van der Waals surface area (Å²) >= 11 is 0. The van der Waals surface area contributed by atoms with Crippen LogP contribution in [-0.2, 0) is 6.18 Å². The number of hydrogen-bond donors (Lipinski definition) is 2. The van der Waals surface area contributed by atoms with Gasteiger partial charge in [0.15, 0.2) is 0 Å². The Morgan fingerprint density at radius 3 is 2.24 bits per heavy atom. The zero-order valence-electron chi connectivity index (χ0n) is 19.2. The molecule has 0 aliphatic heterocycles. The molecule has 180 valence electrons. The third kappa shape index (κ3) is 6.18. The van der Waals surface area contributed by atoms with E-state index in [1.165, 1.54) is 18.4 Å². The zero-order chi connectivity index (χ0) is 24.0. The molecule has 1 aliphatic carbocycles. The molecule has 8 heteroatoms. The molecule has 0 atom stereocenters. The molecule has 2 N–H and O–H groups in total. The maximum Gasteiger partial charge on any atom is 0.421 e. The predicted octanol–water partition coefficient (Wildman–Crippen LogP) is 7.82.